The van der Waals surface area contributed by atoms with E-state index in [0.29, 0.717) is 17.1 Å². The minimum atomic E-state index is -3.88. The van der Waals surface area contributed by atoms with E-state index >= 15 is 0 Å². The topological polar surface area (TPSA) is 97.8 Å². The summed E-state index contributed by atoms with van der Waals surface area (Å²) < 4.78 is 38.1. The van der Waals surface area contributed by atoms with Gasteiger partial charge in [0, 0.05) is 12.6 Å². The molecule has 9 heteroatoms. The van der Waals surface area contributed by atoms with Crippen molar-refractivity contribution in [2.75, 3.05) is 24.5 Å². The number of hydrogen-bond acceptors (Lipinski definition) is 6. The Balaban J connectivity index is 2.29. The number of aromatic nitrogens is 1. The first-order valence-corrected chi connectivity index (χ1v) is 10.5. The second kappa shape index (κ2) is 9.13. The van der Waals surface area contributed by atoms with Crippen LogP contribution in [-0.2, 0) is 14.8 Å². The number of ether oxygens (including phenoxy) is 2. The predicted molar refractivity (Wildman–Crippen MR) is 111 cm³/mol. The van der Waals surface area contributed by atoms with Crippen molar-refractivity contribution in [2.45, 2.75) is 38.2 Å². The minimum Gasteiger partial charge on any atom is -0.481 e. The van der Waals surface area contributed by atoms with Gasteiger partial charge < -0.3 is 14.8 Å². The highest BCUT2D eigenvalue weighted by Gasteiger charge is 2.27. The molecule has 1 amide bonds. The van der Waals surface area contributed by atoms with Crippen LogP contribution >= 0.6 is 0 Å². The van der Waals surface area contributed by atoms with Gasteiger partial charge in [0.1, 0.15) is 5.60 Å². The number of alkyl carbamates (subject to hydrolysis) is 1. The molecule has 0 aliphatic carbocycles. The normalized spacial score (nSPS) is 11.6. The summed E-state index contributed by atoms with van der Waals surface area (Å²) in [5.41, 5.74) is 0.343. The first-order chi connectivity index (χ1) is 13.5. The van der Waals surface area contributed by atoms with Crippen molar-refractivity contribution in [3.63, 3.8) is 0 Å². The third-order valence-corrected chi connectivity index (χ3v) is 5.85. The van der Waals surface area contributed by atoms with Crippen molar-refractivity contribution in [2.24, 2.45) is 0 Å². The fourth-order valence-corrected chi connectivity index (χ4v) is 4.25. The summed E-state index contributed by atoms with van der Waals surface area (Å²) in [5.74, 6) is 0.369. The molecule has 0 fully saturated rings. The Labute approximate surface area is 171 Å². The molecule has 29 heavy (non-hydrogen) atoms. The fraction of sp³-hybridized carbons (Fsp3) is 0.400. The number of nitrogens with one attached hydrogen (secondary N) is 1. The molecular formula is C20H27N3O5S. The lowest BCUT2D eigenvalue weighted by Gasteiger charge is -2.26. The number of pyridine rings is 1. The lowest BCUT2D eigenvalue weighted by molar-refractivity contribution is 0.0529. The van der Waals surface area contributed by atoms with Crippen LogP contribution in [0.3, 0.4) is 0 Å². The largest absolute Gasteiger partial charge is 0.481 e. The Morgan fingerprint density at radius 3 is 2.41 bits per heavy atom. The second-order valence-electron chi connectivity index (χ2n) is 7.33. The van der Waals surface area contributed by atoms with Gasteiger partial charge in [0.15, 0.2) is 0 Å². The molecule has 0 saturated carbocycles. The summed E-state index contributed by atoms with van der Waals surface area (Å²) in [6.45, 7) is 7.06. The first-order valence-electron chi connectivity index (χ1n) is 9.10. The SMILES string of the molecule is COc1ccc(N(CCNC(=O)OC(C)(C)C)S(=O)(=O)c2ccccc2C)cn1. The Morgan fingerprint density at radius 1 is 1.17 bits per heavy atom. The van der Waals surface area contributed by atoms with Gasteiger partial charge in [-0.25, -0.2) is 18.2 Å². The van der Waals surface area contributed by atoms with Crippen LogP contribution in [-0.4, -0.2) is 45.3 Å². The van der Waals surface area contributed by atoms with Crippen molar-refractivity contribution in [1.82, 2.24) is 10.3 Å². The number of aryl methyl sites for hydroxylation is 1. The average Bonchev–Trinajstić information content (AvgIpc) is 2.64. The molecule has 0 saturated heterocycles. The van der Waals surface area contributed by atoms with Gasteiger partial charge in [-0.1, -0.05) is 18.2 Å². The van der Waals surface area contributed by atoms with Crippen molar-refractivity contribution in [1.29, 1.82) is 0 Å². The number of anilines is 1. The number of carbonyl (C=O) groups is 1. The van der Waals surface area contributed by atoms with Gasteiger partial charge in [0.25, 0.3) is 10.0 Å². The quantitative estimate of drug-likeness (QED) is 0.738. The molecule has 1 aromatic heterocycles. The number of rotatable bonds is 7. The summed E-state index contributed by atoms with van der Waals surface area (Å²) >= 11 is 0. The van der Waals surface area contributed by atoms with Crippen LogP contribution in [0.1, 0.15) is 26.3 Å². The highest BCUT2D eigenvalue weighted by Crippen LogP contribution is 2.26. The monoisotopic (exact) mass is 421 g/mol. The number of hydrogen-bond donors (Lipinski definition) is 1. The van der Waals surface area contributed by atoms with Crippen molar-refractivity contribution in [3.05, 3.63) is 48.2 Å². The smallest absolute Gasteiger partial charge is 0.407 e. The number of amides is 1. The maximum atomic E-state index is 13.3. The molecule has 1 aromatic carbocycles. The maximum absolute atomic E-state index is 13.3. The van der Waals surface area contributed by atoms with Crippen molar-refractivity contribution >= 4 is 21.8 Å². The molecule has 0 unspecified atom stereocenters. The summed E-state index contributed by atoms with van der Waals surface area (Å²) in [4.78, 5) is 16.2. The van der Waals surface area contributed by atoms with E-state index in [1.54, 1.807) is 64.1 Å². The van der Waals surface area contributed by atoms with E-state index < -0.39 is 21.7 Å². The van der Waals surface area contributed by atoms with Gasteiger partial charge in [-0.05, 0) is 45.4 Å². The summed E-state index contributed by atoms with van der Waals surface area (Å²) in [6.07, 6.45) is 0.806. The van der Waals surface area contributed by atoms with Gasteiger partial charge in [-0.2, -0.15) is 0 Å². The number of nitrogens with zero attached hydrogens (tertiary/aromatic N) is 2. The third kappa shape index (κ3) is 6.08. The molecule has 0 aliphatic heterocycles. The molecule has 0 bridgehead atoms. The molecule has 8 nitrogen and oxygen atoms in total. The van der Waals surface area contributed by atoms with E-state index in [4.69, 9.17) is 9.47 Å². The predicted octanol–water partition coefficient (Wildman–Crippen LogP) is 3.12. The van der Waals surface area contributed by atoms with Gasteiger partial charge in [-0.15, -0.1) is 0 Å². The van der Waals surface area contributed by atoms with E-state index in [0.717, 1.165) is 0 Å². The molecule has 0 radical (unpaired) electrons. The highest BCUT2D eigenvalue weighted by molar-refractivity contribution is 7.92. The summed E-state index contributed by atoms with van der Waals surface area (Å²) in [7, 11) is -2.40. The van der Waals surface area contributed by atoms with Crippen LogP contribution in [0.4, 0.5) is 10.5 Å². The molecule has 2 aromatic rings. The Bertz CT molecular complexity index is 937. The first kappa shape index (κ1) is 22.5. The van der Waals surface area contributed by atoms with Crippen molar-refractivity contribution < 1.29 is 22.7 Å². The zero-order chi connectivity index (χ0) is 21.7. The molecule has 1 N–H and O–H groups in total. The van der Waals surface area contributed by atoms with Crippen LogP contribution in [0.2, 0.25) is 0 Å². The highest BCUT2D eigenvalue weighted by atomic mass is 32.2. The molecule has 2 rings (SSSR count). The van der Waals surface area contributed by atoms with Gasteiger partial charge >= 0.3 is 6.09 Å². The number of benzene rings is 1. The molecule has 0 atom stereocenters. The van der Waals surface area contributed by atoms with Crippen LogP contribution in [0.5, 0.6) is 5.88 Å². The van der Waals surface area contributed by atoms with Crippen molar-refractivity contribution in [3.8, 4) is 5.88 Å². The Morgan fingerprint density at radius 2 is 1.86 bits per heavy atom. The number of sulfonamides is 1. The fourth-order valence-electron chi connectivity index (χ4n) is 2.57. The molecule has 1 heterocycles. The van der Waals surface area contributed by atoms with Crippen LogP contribution < -0.4 is 14.4 Å². The Kier molecular flexibility index (Phi) is 7.07. The number of methoxy groups -OCH3 is 1. The van der Waals surface area contributed by atoms with Gasteiger partial charge in [0.05, 0.1) is 30.4 Å². The van der Waals surface area contributed by atoms with Crippen LogP contribution in [0.25, 0.3) is 0 Å². The van der Waals surface area contributed by atoms with E-state index in [9.17, 15) is 13.2 Å². The third-order valence-electron chi connectivity index (χ3n) is 3.86. The van der Waals surface area contributed by atoms with E-state index in [1.165, 1.54) is 17.6 Å². The zero-order valence-corrected chi connectivity index (χ0v) is 18.1. The van der Waals surface area contributed by atoms with E-state index in [-0.39, 0.29) is 18.0 Å². The summed E-state index contributed by atoms with van der Waals surface area (Å²) in [6, 6.07) is 9.92. The molecular weight excluding hydrogens is 394 g/mol. The second-order valence-corrected chi connectivity index (χ2v) is 9.16. The molecule has 0 spiro atoms. The van der Waals surface area contributed by atoms with E-state index in [1.807, 2.05) is 0 Å². The Hall–Kier alpha value is -2.81. The lowest BCUT2D eigenvalue weighted by Crippen LogP contribution is -2.40. The van der Waals surface area contributed by atoms with Gasteiger partial charge in [0.2, 0.25) is 5.88 Å². The van der Waals surface area contributed by atoms with Crippen LogP contribution in [0, 0.1) is 6.92 Å². The van der Waals surface area contributed by atoms with Gasteiger partial charge in [-0.3, -0.25) is 4.31 Å². The number of carbonyl (C=O) groups excluding carboxylic acids is 1. The van der Waals surface area contributed by atoms with Crippen LogP contribution in [0.15, 0.2) is 47.5 Å². The minimum absolute atomic E-state index is 0.00389. The lowest BCUT2D eigenvalue weighted by atomic mass is 10.2. The molecule has 0 aliphatic rings. The van der Waals surface area contributed by atoms with E-state index in [2.05, 4.69) is 10.3 Å². The standard InChI is InChI=1S/C20H27N3O5S/c1-15-8-6-7-9-17(15)29(25,26)23(16-10-11-18(27-5)22-14-16)13-12-21-19(24)28-20(2,3)4/h6-11,14H,12-13H2,1-5H3,(H,21,24). The average molecular weight is 422 g/mol. The summed E-state index contributed by atoms with van der Waals surface area (Å²) in [5, 5.41) is 2.59. The maximum Gasteiger partial charge on any atom is 0.407 e. The zero-order valence-electron chi connectivity index (χ0n) is 17.3. The molecule has 158 valence electrons.